The maximum atomic E-state index is 12.4. The summed E-state index contributed by atoms with van der Waals surface area (Å²) in [6.45, 7) is -0.899. The number of anilines is 1. The molecule has 35 heavy (non-hydrogen) atoms. The highest BCUT2D eigenvalue weighted by Crippen LogP contribution is 2.20. The number of sulfonamides is 1. The number of amides is 2. The van der Waals surface area contributed by atoms with Crippen molar-refractivity contribution in [3.05, 3.63) is 83.3 Å². The van der Waals surface area contributed by atoms with E-state index in [2.05, 4.69) is 10.0 Å². The van der Waals surface area contributed by atoms with E-state index in [4.69, 9.17) is 20.8 Å². The van der Waals surface area contributed by atoms with Crippen molar-refractivity contribution in [2.75, 3.05) is 25.5 Å². The van der Waals surface area contributed by atoms with Crippen LogP contribution in [0.2, 0.25) is 5.02 Å². The highest BCUT2D eigenvalue weighted by molar-refractivity contribution is 7.89. The fourth-order valence-electron chi connectivity index (χ4n) is 2.81. The van der Waals surface area contributed by atoms with Crippen LogP contribution in [0.3, 0.4) is 0 Å². The Bertz CT molecular complexity index is 1290. The lowest BCUT2D eigenvalue weighted by molar-refractivity contribution is -0.136. The van der Waals surface area contributed by atoms with Gasteiger partial charge in [-0.05, 0) is 48.5 Å². The van der Waals surface area contributed by atoms with Crippen molar-refractivity contribution < 1.29 is 32.0 Å². The Balaban J connectivity index is 1.48. The first-order valence-electron chi connectivity index (χ1n) is 10.2. The Labute approximate surface area is 206 Å². The van der Waals surface area contributed by atoms with Gasteiger partial charge >= 0.3 is 5.97 Å². The number of nitrogens with zero attached hydrogens (tertiary/aromatic N) is 1. The van der Waals surface area contributed by atoms with Crippen LogP contribution >= 0.6 is 11.6 Å². The lowest BCUT2D eigenvalue weighted by Gasteiger charge is -2.17. The van der Waals surface area contributed by atoms with E-state index in [0.717, 1.165) is 4.90 Å². The van der Waals surface area contributed by atoms with E-state index in [-0.39, 0.29) is 23.5 Å². The first kappa shape index (κ1) is 25.9. The minimum Gasteiger partial charge on any atom is -0.468 e. The molecule has 0 aliphatic rings. The molecule has 0 bridgehead atoms. The zero-order valence-corrected chi connectivity index (χ0v) is 20.1. The van der Waals surface area contributed by atoms with Gasteiger partial charge in [0.25, 0.3) is 5.91 Å². The van der Waals surface area contributed by atoms with Crippen LogP contribution in [0.5, 0.6) is 0 Å². The minimum absolute atomic E-state index is 0.0227. The van der Waals surface area contributed by atoms with Crippen LogP contribution in [0, 0.1) is 0 Å². The van der Waals surface area contributed by atoms with Crippen molar-refractivity contribution in [1.29, 1.82) is 0 Å². The largest absolute Gasteiger partial charge is 0.468 e. The smallest absolute Gasteiger partial charge is 0.338 e. The molecule has 184 valence electrons. The second-order valence-electron chi connectivity index (χ2n) is 7.28. The summed E-state index contributed by atoms with van der Waals surface area (Å²) in [6, 6.07) is 15.0. The Hall–Kier alpha value is -3.67. The van der Waals surface area contributed by atoms with E-state index >= 15 is 0 Å². The Kier molecular flexibility index (Phi) is 8.63. The SMILES string of the molecule is CN(CC(=O)Nc1ccccc1Cl)C(=O)COC(=O)c1ccc(S(=O)(=O)NCc2ccco2)cc1. The molecule has 12 heteroatoms. The molecule has 10 nitrogen and oxygen atoms in total. The average molecular weight is 520 g/mol. The lowest BCUT2D eigenvalue weighted by Crippen LogP contribution is -2.37. The highest BCUT2D eigenvalue weighted by Gasteiger charge is 2.18. The van der Waals surface area contributed by atoms with Crippen molar-refractivity contribution in [3.8, 4) is 0 Å². The molecule has 1 aromatic heterocycles. The molecule has 0 atom stereocenters. The van der Waals surface area contributed by atoms with E-state index in [1.54, 1.807) is 36.4 Å². The van der Waals surface area contributed by atoms with Gasteiger partial charge in [-0.15, -0.1) is 0 Å². The molecular formula is C23H22ClN3O7S. The zero-order chi connectivity index (χ0) is 25.4. The predicted molar refractivity (Wildman–Crippen MR) is 127 cm³/mol. The number of likely N-dealkylation sites (N-methyl/N-ethyl adjacent to an activating group) is 1. The predicted octanol–water partition coefficient (Wildman–Crippen LogP) is 2.67. The molecule has 0 radical (unpaired) electrons. The number of carbonyl (C=O) groups is 3. The number of furan rings is 1. The molecule has 3 aromatic rings. The van der Waals surface area contributed by atoms with Crippen LogP contribution in [0.15, 0.2) is 76.2 Å². The van der Waals surface area contributed by atoms with Gasteiger partial charge in [-0.25, -0.2) is 17.9 Å². The average Bonchev–Trinajstić information content (AvgIpc) is 3.36. The molecule has 2 N–H and O–H groups in total. The molecular weight excluding hydrogens is 498 g/mol. The minimum atomic E-state index is -3.82. The maximum absolute atomic E-state index is 12.4. The second kappa shape index (κ2) is 11.6. The van der Waals surface area contributed by atoms with Crippen molar-refractivity contribution in [3.63, 3.8) is 0 Å². The standard InChI is InChI=1S/C23H22ClN3O7S/c1-27(14-21(28)26-20-7-3-2-6-19(20)24)22(29)15-34-23(30)16-8-10-18(11-9-16)35(31,32)25-13-17-5-4-12-33-17/h2-12,25H,13-15H2,1H3,(H,26,28). The summed E-state index contributed by atoms with van der Waals surface area (Å²) in [7, 11) is -2.44. The molecule has 0 saturated carbocycles. The van der Waals surface area contributed by atoms with Gasteiger partial charge in [0.1, 0.15) is 5.76 Å². The Morgan fingerprint density at radius 3 is 2.40 bits per heavy atom. The molecule has 1 heterocycles. The number of nitrogens with one attached hydrogen (secondary N) is 2. The summed E-state index contributed by atoms with van der Waals surface area (Å²) < 4.78 is 37.2. The summed E-state index contributed by atoms with van der Waals surface area (Å²) in [6.07, 6.45) is 1.43. The third kappa shape index (κ3) is 7.41. The highest BCUT2D eigenvalue weighted by atomic mass is 35.5. The Morgan fingerprint density at radius 1 is 1.03 bits per heavy atom. The number of esters is 1. The number of ether oxygens (including phenoxy) is 1. The molecule has 0 aliphatic heterocycles. The van der Waals surface area contributed by atoms with E-state index in [0.29, 0.717) is 16.5 Å². The number of hydrogen-bond acceptors (Lipinski definition) is 7. The van der Waals surface area contributed by atoms with E-state index in [1.165, 1.54) is 37.6 Å². The number of rotatable bonds is 10. The van der Waals surface area contributed by atoms with Gasteiger partial charge in [0, 0.05) is 7.05 Å². The molecule has 0 aliphatic carbocycles. The van der Waals surface area contributed by atoms with Gasteiger partial charge in [-0.3, -0.25) is 9.59 Å². The van der Waals surface area contributed by atoms with Crippen LogP contribution in [0.25, 0.3) is 0 Å². The molecule has 0 fully saturated rings. The van der Waals surface area contributed by atoms with Crippen LogP contribution in [0.1, 0.15) is 16.1 Å². The number of hydrogen-bond donors (Lipinski definition) is 2. The summed E-state index contributed by atoms with van der Waals surface area (Å²) in [5.74, 6) is -1.45. The van der Waals surface area contributed by atoms with Gasteiger partial charge < -0.3 is 19.4 Å². The second-order valence-corrected chi connectivity index (χ2v) is 9.46. The van der Waals surface area contributed by atoms with Crippen molar-refractivity contribution >= 4 is 45.1 Å². The van der Waals surface area contributed by atoms with Gasteiger partial charge in [0.2, 0.25) is 15.9 Å². The van der Waals surface area contributed by atoms with Gasteiger partial charge in [0.15, 0.2) is 6.61 Å². The van der Waals surface area contributed by atoms with Crippen LogP contribution in [-0.2, 0) is 30.9 Å². The van der Waals surface area contributed by atoms with Crippen molar-refractivity contribution in [1.82, 2.24) is 9.62 Å². The number of para-hydroxylation sites is 1. The first-order valence-corrected chi connectivity index (χ1v) is 12.1. The number of carbonyl (C=O) groups excluding carboxylic acids is 3. The quantitative estimate of drug-likeness (QED) is 0.393. The van der Waals surface area contributed by atoms with Gasteiger partial charge in [0.05, 0.1) is 40.5 Å². The molecule has 2 aromatic carbocycles. The fourth-order valence-corrected chi connectivity index (χ4v) is 3.99. The van der Waals surface area contributed by atoms with E-state index < -0.39 is 34.4 Å². The van der Waals surface area contributed by atoms with Gasteiger partial charge in [-0.1, -0.05) is 23.7 Å². The van der Waals surface area contributed by atoms with Crippen LogP contribution < -0.4 is 10.0 Å². The zero-order valence-electron chi connectivity index (χ0n) is 18.6. The van der Waals surface area contributed by atoms with Gasteiger partial charge in [-0.2, -0.15) is 0 Å². The van der Waals surface area contributed by atoms with E-state index in [9.17, 15) is 22.8 Å². The number of benzene rings is 2. The van der Waals surface area contributed by atoms with E-state index in [1.807, 2.05) is 0 Å². The van der Waals surface area contributed by atoms with Crippen molar-refractivity contribution in [2.24, 2.45) is 0 Å². The third-order valence-corrected chi connectivity index (χ3v) is 6.44. The number of halogens is 1. The molecule has 3 rings (SSSR count). The summed E-state index contributed by atoms with van der Waals surface area (Å²) in [5, 5.41) is 2.95. The maximum Gasteiger partial charge on any atom is 0.338 e. The molecule has 0 saturated heterocycles. The third-order valence-electron chi connectivity index (χ3n) is 4.70. The summed E-state index contributed by atoms with van der Waals surface area (Å²) >= 11 is 5.99. The molecule has 2 amide bonds. The topological polar surface area (TPSA) is 135 Å². The molecule has 0 spiro atoms. The van der Waals surface area contributed by atoms with Crippen LogP contribution in [-0.4, -0.2) is 51.3 Å². The summed E-state index contributed by atoms with van der Waals surface area (Å²) in [5.41, 5.74) is 0.468. The first-order chi connectivity index (χ1) is 16.7. The van der Waals surface area contributed by atoms with Crippen LogP contribution in [0.4, 0.5) is 5.69 Å². The molecule has 0 unspecified atom stereocenters. The fraction of sp³-hybridized carbons (Fsp3) is 0.174. The Morgan fingerprint density at radius 2 is 1.74 bits per heavy atom. The summed E-state index contributed by atoms with van der Waals surface area (Å²) in [4.78, 5) is 37.7. The monoisotopic (exact) mass is 519 g/mol. The normalized spacial score (nSPS) is 11.0. The lowest BCUT2D eigenvalue weighted by atomic mass is 10.2. The van der Waals surface area contributed by atoms with Crippen molar-refractivity contribution in [2.45, 2.75) is 11.4 Å².